The molecule has 25 heavy (non-hydrogen) atoms. The number of aromatic nitrogens is 1. The Labute approximate surface area is 145 Å². The highest BCUT2D eigenvalue weighted by molar-refractivity contribution is 5.98. The van der Waals surface area contributed by atoms with Crippen molar-refractivity contribution in [2.45, 2.75) is 6.10 Å². The maximum Gasteiger partial charge on any atom is 0.270 e. The Morgan fingerprint density at radius 3 is 2.76 bits per heavy atom. The highest BCUT2D eigenvalue weighted by atomic mass is 19.1. The lowest BCUT2D eigenvalue weighted by Gasteiger charge is -2.33. The number of amides is 1. The molecule has 3 aromatic rings. The van der Waals surface area contributed by atoms with Crippen molar-refractivity contribution >= 4 is 16.8 Å². The third-order valence-corrected chi connectivity index (χ3v) is 4.75. The predicted molar refractivity (Wildman–Crippen MR) is 93.9 cm³/mol. The second-order valence-corrected chi connectivity index (χ2v) is 6.31. The van der Waals surface area contributed by atoms with Gasteiger partial charge in [-0.1, -0.05) is 30.3 Å². The topological polar surface area (TPSA) is 34.5 Å². The molecule has 1 atom stereocenters. The highest BCUT2D eigenvalue weighted by Gasteiger charge is 2.27. The molecule has 1 saturated heterocycles. The number of carbonyl (C=O) groups is 1. The molecular weight excluding hydrogens is 319 g/mol. The van der Waals surface area contributed by atoms with Gasteiger partial charge >= 0.3 is 0 Å². The van der Waals surface area contributed by atoms with Crippen LogP contribution in [0.5, 0.6) is 0 Å². The van der Waals surface area contributed by atoms with Crippen molar-refractivity contribution in [2.75, 3.05) is 19.7 Å². The Kier molecular flexibility index (Phi) is 4.01. The fourth-order valence-electron chi connectivity index (χ4n) is 3.39. The Hall–Kier alpha value is -2.66. The monoisotopic (exact) mass is 338 g/mol. The lowest BCUT2D eigenvalue weighted by molar-refractivity contribution is -0.0231. The standard InChI is InChI=1S/C20H19FN2O2/c1-22-17-8-7-16(21)11-15(17)12-18(22)20(24)23-9-10-25-19(13-23)14-5-3-2-4-6-14/h2-8,11-12,19H,9-10,13H2,1H3/t19-/m1/s1. The van der Waals surface area contributed by atoms with Gasteiger partial charge in [-0.3, -0.25) is 4.79 Å². The van der Waals surface area contributed by atoms with Crippen LogP contribution >= 0.6 is 0 Å². The number of hydrogen-bond donors (Lipinski definition) is 0. The summed E-state index contributed by atoms with van der Waals surface area (Å²) in [4.78, 5) is 14.8. The number of morpholine rings is 1. The molecule has 128 valence electrons. The largest absolute Gasteiger partial charge is 0.370 e. The lowest BCUT2D eigenvalue weighted by atomic mass is 10.1. The van der Waals surface area contributed by atoms with E-state index in [1.807, 2.05) is 46.8 Å². The number of benzene rings is 2. The molecule has 1 amide bonds. The summed E-state index contributed by atoms with van der Waals surface area (Å²) in [6, 6.07) is 16.3. The highest BCUT2D eigenvalue weighted by Crippen LogP contribution is 2.25. The number of fused-ring (bicyclic) bond motifs is 1. The maximum atomic E-state index is 13.5. The molecule has 0 N–H and O–H groups in total. The van der Waals surface area contributed by atoms with E-state index in [0.29, 0.717) is 25.4 Å². The van der Waals surface area contributed by atoms with Crippen LogP contribution in [0.4, 0.5) is 4.39 Å². The molecule has 4 rings (SSSR count). The van der Waals surface area contributed by atoms with Crippen LogP contribution in [0.15, 0.2) is 54.6 Å². The molecule has 0 unspecified atom stereocenters. The third-order valence-electron chi connectivity index (χ3n) is 4.75. The molecule has 2 aromatic carbocycles. The molecule has 2 heterocycles. The lowest BCUT2D eigenvalue weighted by Crippen LogP contribution is -2.42. The summed E-state index contributed by atoms with van der Waals surface area (Å²) < 4.78 is 21.1. The van der Waals surface area contributed by atoms with E-state index in [1.54, 1.807) is 12.1 Å². The Bertz CT molecular complexity index is 920. The third kappa shape index (κ3) is 2.91. The number of nitrogens with zero attached hydrogens (tertiary/aromatic N) is 2. The zero-order valence-corrected chi connectivity index (χ0v) is 14.0. The van der Waals surface area contributed by atoms with E-state index < -0.39 is 0 Å². The molecule has 5 heteroatoms. The van der Waals surface area contributed by atoms with Gasteiger partial charge in [0.25, 0.3) is 5.91 Å². The fourth-order valence-corrected chi connectivity index (χ4v) is 3.39. The van der Waals surface area contributed by atoms with Crippen molar-refractivity contribution in [3.05, 3.63) is 71.7 Å². The van der Waals surface area contributed by atoms with E-state index in [1.165, 1.54) is 12.1 Å². The second kappa shape index (κ2) is 6.33. The summed E-state index contributed by atoms with van der Waals surface area (Å²) in [6.45, 7) is 1.57. The van der Waals surface area contributed by atoms with Gasteiger partial charge in [0.1, 0.15) is 17.6 Å². The van der Waals surface area contributed by atoms with Crippen LogP contribution in [0.3, 0.4) is 0 Å². The van der Waals surface area contributed by atoms with Crippen LogP contribution < -0.4 is 0 Å². The molecule has 1 aliphatic rings. The maximum absolute atomic E-state index is 13.5. The zero-order valence-electron chi connectivity index (χ0n) is 14.0. The summed E-state index contributed by atoms with van der Waals surface area (Å²) in [5.74, 6) is -0.351. The second-order valence-electron chi connectivity index (χ2n) is 6.31. The number of halogens is 1. The normalized spacial score (nSPS) is 17.8. The van der Waals surface area contributed by atoms with Gasteiger partial charge in [-0.25, -0.2) is 4.39 Å². The molecule has 0 radical (unpaired) electrons. The molecule has 1 fully saturated rings. The van der Waals surface area contributed by atoms with Crippen molar-refractivity contribution in [3.8, 4) is 0 Å². The predicted octanol–water partition coefficient (Wildman–Crippen LogP) is 3.53. The molecule has 0 aliphatic carbocycles. The van der Waals surface area contributed by atoms with Crippen LogP contribution in [-0.4, -0.2) is 35.1 Å². The van der Waals surface area contributed by atoms with Crippen LogP contribution in [-0.2, 0) is 11.8 Å². The summed E-state index contributed by atoms with van der Waals surface area (Å²) in [6.07, 6.45) is -0.119. The molecule has 1 aromatic heterocycles. The van der Waals surface area contributed by atoms with Gasteiger partial charge in [-0.2, -0.15) is 0 Å². The first-order valence-corrected chi connectivity index (χ1v) is 8.34. The Morgan fingerprint density at radius 2 is 1.96 bits per heavy atom. The number of carbonyl (C=O) groups excluding carboxylic acids is 1. The minimum absolute atomic E-state index is 0.0525. The van der Waals surface area contributed by atoms with Crippen LogP contribution in [0.25, 0.3) is 10.9 Å². The summed E-state index contributed by atoms with van der Waals surface area (Å²) in [5, 5.41) is 0.735. The summed E-state index contributed by atoms with van der Waals surface area (Å²) >= 11 is 0. The first-order valence-electron chi connectivity index (χ1n) is 8.34. The van der Waals surface area contributed by atoms with Crippen LogP contribution in [0.1, 0.15) is 22.2 Å². The van der Waals surface area contributed by atoms with Gasteiger partial charge < -0.3 is 14.2 Å². The van der Waals surface area contributed by atoms with E-state index in [9.17, 15) is 9.18 Å². The molecule has 0 bridgehead atoms. The van der Waals surface area contributed by atoms with E-state index in [2.05, 4.69) is 0 Å². The van der Waals surface area contributed by atoms with Crippen LogP contribution in [0, 0.1) is 5.82 Å². The van der Waals surface area contributed by atoms with Crippen molar-refractivity contribution in [3.63, 3.8) is 0 Å². The Balaban J connectivity index is 1.61. The van der Waals surface area contributed by atoms with Gasteiger partial charge in [-0.15, -0.1) is 0 Å². The van der Waals surface area contributed by atoms with Crippen molar-refractivity contribution in [1.29, 1.82) is 0 Å². The van der Waals surface area contributed by atoms with Crippen molar-refractivity contribution in [2.24, 2.45) is 7.05 Å². The minimum Gasteiger partial charge on any atom is -0.370 e. The van der Waals surface area contributed by atoms with Gasteiger partial charge in [0.15, 0.2) is 0 Å². The fraction of sp³-hybridized carbons (Fsp3) is 0.250. The molecule has 0 saturated carbocycles. The van der Waals surface area contributed by atoms with Crippen LogP contribution in [0.2, 0.25) is 0 Å². The minimum atomic E-state index is -0.299. The van der Waals surface area contributed by atoms with Gasteiger partial charge in [0.2, 0.25) is 0 Å². The molecule has 1 aliphatic heterocycles. The number of ether oxygens (including phenoxy) is 1. The SMILES string of the molecule is Cn1c(C(=O)N2CCO[C@@H](c3ccccc3)C2)cc2cc(F)ccc21. The van der Waals surface area contributed by atoms with E-state index in [0.717, 1.165) is 16.5 Å². The van der Waals surface area contributed by atoms with Gasteiger partial charge in [0.05, 0.1) is 13.2 Å². The van der Waals surface area contributed by atoms with Gasteiger partial charge in [-0.05, 0) is 29.8 Å². The molecule has 4 nitrogen and oxygen atoms in total. The van der Waals surface area contributed by atoms with E-state index in [-0.39, 0.29) is 17.8 Å². The molecular formula is C20H19FN2O2. The van der Waals surface area contributed by atoms with E-state index in [4.69, 9.17) is 4.74 Å². The quantitative estimate of drug-likeness (QED) is 0.716. The number of aryl methyl sites for hydroxylation is 1. The van der Waals surface area contributed by atoms with E-state index >= 15 is 0 Å². The van der Waals surface area contributed by atoms with Crippen molar-refractivity contribution in [1.82, 2.24) is 9.47 Å². The average Bonchev–Trinajstić information content (AvgIpc) is 2.98. The average molecular weight is 338 g/mol. The first kappa shape index (κ1) is 15.8. The summed E-state index contributed by atoms with van der Waals surface area (Å²) in [5.41, 5.74) is 2.48. The Morgan fingerprint density at radius 1 is 1.16 bits per heavy atom. The first-order chi connectivity index (χ1) is 12.1. The van der Waals surface area contributed by atoms with Gasteiger partial charge in [0, 0.05) is 24.5 Å². The number of hydrogen-bond acceptors (Lipinski definition) is 2. The number of rotatable bonds is 2. The van der Waals surface area contributed by atoms with Crippen molar-refractivity contribution < 1.29 is 13.9 Å². The molecule has 0 spiro atoms. The zero-order chi connectivity index (χ0) is 17.4. The smallest absolute Gasteiger partial charge is 0.270 e. The summed E-state index contributed by atoms with van der Waals surface area (Å²) in [7, 11) is 1.84.